The van der Waals surface area contributed by atoms with Crippen molar-refractivity contribution in [3.63, 3.8) is 0 Å². The SMILES string of the molecule is CCC(C)N(CC)S(=O)(=O)c1ccc(C)c(CCl)c1. The molecule has 0 saturated heterocycles. The number of aryl methyl sites for hydroxylation is 1. The average molecular weight is 304 g/mol. The maximum Gasteiger partial charge on any atom is 0.243 e. The molecule has 0 bridgehead atoms. The molecule has 0 heterocycles. The van der Waals surface area contributed by atoms with Crippen LogP contribution in [0.15, 0.2) is 23.1 Å². The molecule has 1 aromatic rings. The smallest absolute Gasteiger partial charge is 0.207 e. The topological polar surface area (TPSA) is 37.4 Å². The van der Waals surface area contributed by atoms with Crippen LogP contribution in [0.4, 0.5) is 0 Å². The summed E-state index contributed by atoms with van der Waals surface area (Å²) in [6, 6.07) is 5.15. The zero-order valence-electron chi connectivity index (χ0n) is 12.0. The lowest BCUT2D eigenvalue weighted by atomic mass is 10.1. The molecule has 0 spiro atoms. The summed E-state index contributed by atoms with van der Waals surface area (Å²) < 4.78 is 26.8. The lowest BCUT2D eigenvalue weighted by molar-refractivity contribution is 0.342. The minimum Gasteiger partial charge on any atom is -0.207 e. The molecule has 0 fully saturated rings. The Morgan fingerprint density at radius 1 is 1.32 bits per heavy atom. The number of hydrogen-bond acceptors (Lipinski definition) is 2. The van der Waals surface area contributed by atoms with E-state index in [4.69, 9.17) is 11.6 Å². The predicted molar refractivity (Wildman–Crippen MR) is 80.1 cm³/mol. The van der Waals surface area contributed by atoms with Crippen molar-refractivity contribution in [3.8, 4) is 0 Å². The molecule has 5 heteroatoms. The third-order valence-electron chi connectivity index (χ3n) is 3.47. The first-order valence-corrected chi connectivity index (χ1v) is 8.53. The van der Waals surface area contributed by atoms with Gasteiger partial charge in [-0.3, -0.25) is 0 Å². The van der Waals surface area contributed by atoms with E-state index >= 15 is 0 Å². The molecule has 3 nitrogen and oxygen atoms in total. The van der Waals surface area contributed by atoms with Crippen molar-refractivity contribution in [1.29, 1.82) is 0 Å². The third-order valence-corrected chi connectivity index (χ3v) is 5.84. The molecule has 1 atom stereocenters. The number of rotatable bonds is 6. The Balaban J connectivity index is 3.26. The molecule has 0 radical (unpaired) electrons. The van der Waals surface area contributed by atoms with Crippen LogP contribution in [-0.4, -0.2) is 25.3 Å². The zero-order valence-corrected chi connectivity index (χ0v) is 13.6. The maximum atomic E-state index is 12.6. The summed E-state index contributed by atoms with van der Waals surface area (Å²) in [5, 5.41) is 0. The highest BCUT2D eigenvalue weighted by Crippen LogP contribution is 2.22. The molecule has 19 heavy (non-hydrogen) atoms. The number of halogens is 1. The molecule has 108 valence electrons. The largest absolute Gasteiger partial charge is 0.243 e. The van der Waals surface area contributed by atoms with Crippen LogP contribution in [0.25, 0.3) is 0 Å². The van der Waals surface area contributed by atoms with E-state index in [0.29, 0.717) is 17.3 Å². The van der Waals surface area contributed by atoms with E-state index in [1.807, 2.05) is 33.8 Å². The van der Waals surface area contributed by atoms with Gasteiger partial charge in [0.1, 0.15) is 0 Å². The molecular formula is C14H22ClNO2S. The van der Waals surface area contributed by atoms with Gasteiger partial charge in [0, 0.05) is 18.5 Å². The fraction of sp³-hybridized carbons (Fsp3) is 0.571. The van der Waals surface area contributed by atoms with E-state index in [0.717, 1.165) is 17.5 Å². The van der Waals surface area contributed by atoms with Crippen LogP contribution in [0, 0.1) is 6.92 Å². The van der Waals surface area contributed by atoms with E-state index in [9.17, 15) is 8.42 Å². The van der Waals surface area contributed by atoms with Crippen LogP contribution in [-0.2, 0) is 15.9 Å². The van der Waals surface area contributed by atoms with Crippen molar-refractivity contribution < 1.29 is 8.42 Å². The summed E-state index contributed by atoms with van der Waals surface area (Å²) in [6.45, 7) is 8.18. The van der Waals surface area contributed by atoms with Crippen molar-refractivity contribution in [2.45, 2.75) is 50.9 Å². The van der Waals surface area contributed by atoms with Crippen molar-refractivity contribution in [1.82, 2.24) is 4.31 Å². The van der Waals surface area contributed by atoms with Gasteiger partial charge in [0.2, 0.25) is 10.0 Å². The van der Waals surface area contributed by atoms with Crippen molar-refractivity contribution in [3.05, 3.63) is 29.3 Å². The Hall–Kier alpha value is -0.580. The normalized spacial score (nSPS) is 13.8. The molecule has 0 aliphatic heterocycles. The number of nitrogens with zero attached hydrogens (tertiary/aromatic N) is 1. The lowest BCUT2D eigenvalue weighted by Crippen LogP contribution is -2.38. The quantitative estimate of drug-likeness (QED) is 0.754. The highest BCUT2D eigenvalue weighted by Gasteiger charge is 2.27. The van der Waals surface area contributed by atoms with Gasteiger partial charge in [-0.15, -0.1) is 11.6 Å². The van der Waals surface area contributed by atoms with Gasteiger partial charge in [-0.05, 0) is 43.5 Å². The molecular weight excluding hydrogens is 282 g/mol. The van der Waals surface area contributed by atoms with Crippen LogP contribution in [0.2, 0.25) is 0 Å². The Kier molecular flexibility index (Phi) is 5.83. The van der Waals surface area contributed by atoms with Gasteiger partial charge in [0.15, 0.2) is 0 Å². The van der Waals surface area contributed by atoms with Gasteiger partial charge in [-0.25, -0.2) is 8.42 Å². The fourth-order valence-corrected chi connectivity index (χ4v) is 4.06. The summed E-state index contributed by atoms with van der Waals surface area (Å²) in [6.07, 6.45) is 0.793. The standard InChI is InChI=1S/C14H22ClNO2S/c1-5-12(4)16(6-2)19(17,18)14-8-7-11(3)13(9-14)10-15/h7-9,12H,5-6,10H2,1-4H3. The number of hydrogen-bond donors (Lipinski definition) is 0. The zero-order chi connectivity index (χ0) is 14.6. The Morgan fingerprint density at radius 2 is 1.95 bits per heavy atom. The maximum absolute atomic E-state index is 12.6. The van der Waals surface area contributed by atoms with Gasteiger partial charge >= 0.3 is 0 Å². The second-order valence-electron chi connectivity index (χ2n) is 4.69. The molecule has 1 rings (SSSR count). The second-order valence-corrected chi connectivity index (χ2v) is 6.85. The highest BCUT2D eigenvalue weighted by molar-refractivity contribution is 7.89. The molecule has 1 unspecified atom stereocenters. The summed E-state index contributed by atoms with van der Waals surface area (Å²) >= 11 is 5.85. The Bertz CT molecular complexity index is 528. The molecule has 0 aliphatic carbocycles. The summed E-state index contributed by atoms with van der Waals surface area (Å²) in [7, 11) is -3.44. The van der Waals surface area contributed by atoms with Crippen molar-refractivity contribution in [2.24, 2.45) is 0 Å². The predicted octanol–water partition coefficient (Wildman–Crippen LogP) is 3.54. The van der Waals surface area contributed by atoms with Gasteiger partial charge in [-0.2, -0.15) is 4.31 Å². The first-order chi connectivity index (χ1) is 8.88. The van der Waals surface area contributed by atoms with Gasteiger partial charge in [0.25, 0.3) is 0 Å². The van der Waals surface area contributed by atoms with Crippen LogP contribution in [0.1, 0.15) is 38.3 Å². The van der Waals surface area contributed by atoms with Crippen molar-refractivity contribution >= 4 is 21.6 Å². The minimum atomic E-state index is -3.44. The van der Waals surface area contributed by atoms with Gasteiger partial charge in [0.05, 0.1) is 4.90 Å². The fourth-order valence-electron chi connectivity index (χ4n) is 2.01. The monoisotopic (exact) mass is 303 g/mol. The highest BCUT2D eigenvalue weighted by atomic mass is 35.5. The first kappa shape index (κ1) is 16.5. The average Bonchev–Trinajstić information content (AvgIpc) is 2.39. The lowest BCUT2D eigenvalue weighted by Gasteiger charge is -2.26. The number of alkyl halides is 1. The van der Waals surface area contributed by atoms with E-state index in [1.165, 1.54) is 4.31 Å². The second kappa shape index (κ2) is 6.73. The van der Waals surface area contributed by atoms with E-state index in [1.54, 1.807) is 12.1 Å². The van der Waals surface area contributed by atoms with Crippen LogP contribution < -0.4 is 0 Å². The summed E-state index contributed by atoms with van der Waals surface area (Å²) in [5.41, 5.74) is 1.88. The van der Waals surface area contributed by atoms with E-state index < -0.39 is 10.0 Å². The first-order valence-electron chi connectivity index (χ1n) is 6.55. The van der Waals surface area contributed by atoms with Gasteiger partial charge < -0.3 is 0 Å². The van der Waals surface area contributed by atoms with Crippen LogP contribution in [0.3, 0.4) is 0 Å². The third kappa shape index (κ3) is 3.50. The molecule has 0 amide bonds. The molecule has 0 aliphatic rings. The number of sulfonamides is 1. The molecule has 0 N–H and O–H groups in total. The van der Waals surface area contributed by atoms with Gasteiger partial charge in [-0.1, -0.05) is 19.9 Å². The molecule has 0 aromatic heterocycles. The van der Waals surface area contributed by atoms with Crippen LogP contribution in [0.5, 0.6) is 0 Å². The number of benzene rings is 1. The van der Waals surface area contributed by atoms with E-state index in [2.05, 4.69) is 0 Å². The molecule has 0 saturated carbocycles. The summed E-state index contributed by atoms with van der Waals surface area (Å²) in [4.78, 5) is 0.330. The Labute approximate surface area is 121 Å². The van der Waals surface area contributed by atoms with E-state index in [-0.39, 0.29) is 6.04 Å². The minimum absolute atomic E-state index is 0.00393. The van der Waals surface area contributed by atoms with Crippen LogP contribution >= 0.6 is 11.6 Å². The summed E-state index contributed by atoms with van der Waals surface area (Å²) in [5.74, 6) is 0.324. The van der Waals surface area contributed by atoms with Crippen molar-refractivity contribution in [2.75, 3.05) is 6.54 Å². The molecule has 1 aromatic carbocycles. The Morgan fingerprint density at radius 3 is 2.42 bits per heavy atom.